The number of carbonyl (C=O) groups is 1. The quantitative estimate of drug-likeness (QED) is 0.591. The van der Waals surface area contributed by atoms with Crippen LogP contribution in [0.5, 0.6) is 11.5 Å². The first-order chi connectivity index (χ1) is 10.6. The van der Waals surface area contributed by atoms with Crippen molar-refractivity contribution >= 4 is 5.97 Å². The van der Waals surface area contributed by atoms with Crippen LogP contribution in [-0.2, 0) is 11.2 Å². The molecular weight excluding hydrogens is 276 g/mol. The predicted molar refractivity (Wildman–Crippen MR) is 87.5 cm³/mol. The first-order valence-electron chi connectivity index (χ1n) is 7.57. The molecule has 0 N–H and O–H groups in total. The van der Waals surface area contributed by atoms with E-state index < -0.39 is 5.97 Å². The SMILES string of the molecule is CCCc1ccc(OC(=O)COc2cc(C)cc(C)c2)cc1. The molecule has 0 aliphatic heterocycles. The number of rotatable bonds is 6. The molecular formula is C19H22O3. The summed E-state index contributed by atoms with van der Waals surface area (Å²) in [4.78, 5) is 11.8. The standard InChI is InChI=1S/C19H22O3/c1-4-5-16-6-8-17(9-7-16)22-19(20)13-21-18-11-14(2)10-15(3)12-18/h6-12H,4-5,13H2,1-3H3. The van der Waals surface area contributed by atoms with E-state index in [2.05, 4.69) is 13.0 Å². The van der Waals surface area contributed by atoms with Gasteiger partial charge >= 0.3 is 5.97 Å². The summed E-state index contributed by atoms with van der Waals surface area (Å²) in [5, 5.41) is 0. The van der Waals surface area contributed by atoms with Crippen LogP contribution in [-0.4, -0.2) is 12.6 Å². The highest BCUT2D eigenvalue weighted by Gasteiger charge is 2.07. The molecule has 2 aromatic rings. The normalized spacial score (nSPS) is 10.3. The van der Waals surface area contributed by atoms with E-state index >= 15 is 0 Å². The minimum absolute atomic E-state index is 0.0976. The van der Waals surface area contributed by atoms with E-state index in [0.29, 0.717) is 11.5 Å². The number of benzene rings is 2. The van der Waals surface area contributed by atoms with Gasteiger partial charge in [0.05, 0.1) is 0 Å². The zero-order chi connectivity index (χ0) is 15.9. The fourth-order valence-corrected chi connectivity index (χ4v) is 2.33. The molecule has 3 nitrogen and oxygen atoms in total. The Morgan fingerprint density at radius 2 is 1.59 bits per heavy atom. The second-order valence-corrected chi connectivity index (χ2v) is 5.48. The van der Waals surface area contributed by atoms with Gasteiger partial charge in [0.2, 0.25) is 0 Å². The van der Waals surface area contributed by atoms with Crippen molar-refractivity contribution in [3.63, 3.8) is 0 Å². The van der Waals surface area contributed by atoms with E-state index in [1.165, 1.54) is 5.56 Å². The molecule has 0 heterocycles. The highest BCUT2D eigenvalue weighted by atomic mass is 16.6. The highest BCUT2D eigenvalue weighted by Crippen LogP contribution is 2.17. The molecule has 2 aromatic carbocycles. The molecule has 0 saturated heterocycles. The largest absolute Gasteiger partial charge is 0.482 e. The lowest BCUT2D eigenvalue weighted by atomic mass is 10.1. The van der Waals surface area contributed by atoms with Gasteiger partial charge in [0.1, 0.15) is 11.5 Å². The Hall–Kier alpha value is -2.29. The minimum Gasteiger partial charge on any atom is -0.482 e. The van der Waals surface area contributed by atoms with Gasteiger partial charge in [0, 0.05) is 0 Å². The van der Waals surface area contributed by atoms with Crippen LogP contribution in [0.2, 0.25) is 0 Å². The second-order valence-electron chi connectivity index (χ2n) is 5.48. The molecule has 2 rings (SSSR count). The van der Waals surface area contributed by atoms with E-state index in [1.54, 1.807) is 0 Å². The number of hydrogen-bond donors (Lipinski definition) is 0. The number of ether oxygens (including phenoxy) is 2. The predicted octanol–water partition coefficient (Wildman–Crippen LogP) is 4.24. The number of carbonyl (C=O) groups excluding carboxylic acids is 1. The fraction of sp³-hybridized carbons (Fsp3) is 0.316. The van der Waals surface area contributed by atoms with Crippen LogP contribution in [0, 0.1) is 13.8 Å². The van der Waals surface area contributed by atoms with Crippen LogP contribution in [0.4, 0.5) is 0 Å². The van der Waals surface area contributed by atoms with E-state index in [1.807, 2.05) is 50.2 Å². The van der Waals surface area contributed by atoms with E-state index in [9.17, 15) is 4.79 Å². The summed E-state index contributed by atoms with van der Waals surface area (Å²) in [5.74, 6) is 0.837. The van der Waals surface area contributed by atoms with Crippen molar-refractivity contribution in [3.05, 3.63) is 59.2 Å². The molecule has 0 spiro atoms. The smallest absolute Gasteiger partial charge is 0.349 e. The third-order valence-electron chi connectivity index (χ3n) is 3.25. The van der Waals surface area contributed by atoms with Crippen molar-refractivity contribution in [1.82, 2.24) is 0 Å². The van der Waals surface area contributed by atoms with Gasteiger partial charge in [-0.3, -0.25) is 0 Å². The van der Waals surface area contributed by atoms with Crippen molar-refractivity contribution in [2.45, 2.75) is 33.6 Å². The Balaban J connectivity index is 1.87. The molecule has 0 amide bonds. The summed E-state index contributed by atoms with van der Waals surface area (Å²) in [6.45, 7) is 6.03. The lowest BCUT2D eigenvalue weighted by molar-refractivity contribution is -0.136. The van der Waals surface area contributed by atoms with Gasteiger partial charge in [-0.2, -0.15) is 0 Å². The summed E-state index contributed by atoms with van der Waals surface area (Å²) in [6, 6.07) is 13.5. The van der Waals surface area contributed by atoms with Crippen molar-refractivity contribution < 1.29 is 14.3 Å². The van der Waals surface area contributed by atoms with Crippen molar-refractivity contribution in [1.29, 1.82) is 0 Å². The van der Waals surface area contributed by atoms with Crippen LogP contribution in [0.3, 0.4) is 0 Å². The monoisotopic (exact) mass is 298 g/mol. The highest BCUT2D eigenvalue weighted by molar-refractivity contribution is 5.74. The molecule has 0 aromatic heterocycles. The van der Waals surface area contributed by atoms with Crippen LogP contribution < -0.4 is 9.47 Å². The zero-order valence-electron chi connectivity index (χ0n) is 13.4. The lowest BCUT2D eigenvalue weighted by Crippen LogP contribution is -2.17. The topological polar surface area (TPSA) is 35.5 Å². The Morgan fingerprint density at radius 3 is 2.18 bits per heavy atom. The Labute approximate surface area is 131 Å². The zero-order valence-corrected chi connectivity index (χ0v) is 13.4. The van der Waals surface area contributed by atoms with Gasteiger partial charge in [-0.05, 0) is 61.2 Å². The van der Waals surface area contributed by atoms with Gasteiger partial charge in [0.25, 0.3) is 0 Å². The van der Waals surface area contributed by atoms with Gasteiger partial charge < -0.3 is 9.47 Å². The maximum Gasteiger partial charge on any atom is 0.349 e. The van der Waals surface area contributed by atoms with Crippen LogP contribution in [0.25, 0.3) is 0 Å². The molecule has 3 heteroatoms. The van der Waals surface area contributed by atoms with Crippen LogP contribution >= 0.6 is 0 Å². The van der Waals surface area contributed by atoms with Gasteiger partial charge in [-0.1, -0.05) is 31.5 Å². The second kappa shape index (κ2) is 7.64. The number of esters is 1. The molecule has 0 fully saturated rings. The molecule has 0 aliphatic rings. The van der Waals surface area contributed by atoms with Crippen molar-refractivity contribution in [2.24, 2.45) is 0 Å². The molecule has 0 bridgehead atoms. The first-order valence-corrected chi connectivity index (χ1v) is 7.57. The fourth-order valence-electron chi connectivity index (χ4n) is 2.33. The third kappa shape index (κ3) is 4.92. The average molecular weight is 298 g/mol. The van der Waals surface area contributed by atoms with Gasteiger partial charge in [-0.25, -0.2) is 4.79 Å². The maximum atomic E-state index is 11.8. The Kier molecular flexibility index (Phi) is 5.59. The molecule has 0 saturated carbocycles. The van der Waals surface area contributed by atoms with Crippen molar-refractivity contribution in [2.75, 3.05) is 6.61 Å². The lowest BCUT2D eigenvalue weighted by Gasteiger charge is -2.09. The van der Waals surface area contributed by atoms with E-state index in [4.69, 9.17) is 9.47 Å². The van der Waals surface area contributed by atoms with Crippen molar-refractivity contribution in [3.8, 4) is 11.5 Å². The molecule has 0 aliphatic carbocycles. The van der Waals surface area contributed by atoms with E-state index in [-0.39, 0.29) is 6.61 Å². The molecule has 116 valence electrons. The number of hydrogen-bond acceptors (Lipinski definition) is 3. The summed E-state index contributed by atoms with van der Waals surface area (Å²) in [6.07, 6.45) is 2.13. The average Bonchev–Trinajstić information content (AvgIpc) is 2.47. The third-order valence-corrected chi connectivity index (χ3v) is 3.25. The maximum absolute atomic E-state index is 11.8. The van der Waals surface area contributed by atoms with Gasteiger partial charge in [0.15, 0.2) is 6.61 Å². The van der Waals surface area contributed by atoms with E-state index in [0.717, 1.165) is 24.0 Å². The Morgan fingerprint density at radius 1 is 0.955 bits per heavy atom. The molecule has 0 radical (unpaired) electrons. The molecule has 0 atom stereocenters. The van der Waals surface area contributed by atoms with Crippen LogP contribution in [0.15, 0.2) is 42.5 Å². The summed E-state index contributed by atoms with van der Waals surface area (Å²) < 4.78 is 10.8. The summed E-state index contributed by atoms with van der Waals surface area (Å²) in [5.41, 5.74) is 3.46. The molecule has 22 heavy (non-hydrogen) atoms. The first kappa shape index (κ1) is 16.1. The minimum atomic E-state index is -0.401. The molecule has 0 unspecified atom stereocenters. The number of aryl methyl sites for hydroxylation is 3. The van der Waals surface area contributed by atoms with Crippen LogP contribution in [0.1, 0.15) is 30.0 Å². The Bertz CT molecular complexity index is 609. The van der Waals surface area contributed by atoms with Gasteiger partial charge in [-0.15, -0.1) is 0 Å². The summed E-state index contributed by atoms with van der Waals surface area (Å²) >= 11 is 0. The summed E-state index contributed by atoms with van der Waals surface area (Å²) in [7, 11) is 0.